The molecule has 8 heteroatoms. The number of benzene rings is 2. The van der Waals surface area contributed by atoms with Crippen LogP contribution >= 0.6 is 0 Å². The summed E-state index contributed by atoms with van der Waals surface area (Å²) in [7, 11) is -3.84. The van der Waals surface area contributed by atoms with E-state index >= 15 is 0 Å². The molecule has 118 valence electrons. The Morgan fingerprint density at radius 2 is 1.78 bits per heavy atom. The summed E-state index contributed by atoms with van der Waals surface area (Å²) in [4.78, 5) is 14.3. The fraction of sp³-hybridized carbons (Fsp3) is 0. The van der Waals surface area contributed by atoms with Gasteiger partial charge in [0, 0.05) is 17.1 Å². The first-order chi connectivity index (χ1) is 10.9. The lowest BCUT2D eigenvalue weighted by Gasteiger charge is -2.07. The summed E-state index contributed by atoms with van der Waals surface area (Å²) < 4.78 is 25.2. The quantitative estimate of drug-likeness (QED) is 0.492. The highest BCUT2D eigenvalue weighted by Crippen LogP contribution is 2.24. The number of phenolic OH excluding ortho intramolecular Hbond substituents is 1. The number of phenols is 1. The number of sulfonamides is 1. The van der Waals surface area contributed by atoms with Gasteiger partial charge in [-0.2, -0.15) is 4.83 Å². The van der Waals surface area contributed by atoms with Crippen LogP contribution in [0.3, 0.4) is 0 Å². The maximum absolute atomic E-state index is 12.6. The van der Waals surface area contributed by atoms with E-state index in [0.29, 0.717) is 16.5 Å². The normalized spacial score (nSPS) is 11.7. The minimum absolute atomic E-state index is 0.00486. The Hall–Kier alpha value is -2.68. The predicted octanol–water partition coefficient (Wildman–Crippen LogP) is 1.19. The van der Waals surface area contributed by atoms with Crippen LogP contribution in [0.4, 0.5) is 0 Å². The smallest absolute Gasteiger partial charge is 0.262 e. The predicted molar refractivity (Wildman–Crippen MR) is 84.3 cm³/mol. The number of nitrogens with zero attached hydrogens (tertiary/aromatic N) is 1. The fourth-order valence-electron chi connectivity index (χ4n) is 2.36. The van der Waals surface area contributed by atoms with Gasteiger partial charge in [-0.25, -0.2) is 8.42 Å². The van der Waals surface area contributed by atoms with Crippen molar-refractivity contribution in [3.05, 3.63) is 60.3 Å². The Labute approximate surface area is 132 Å². The number of nitrogens with one attached hydrogen (secondary N) is 1. The molecular formula is C15H13N3O4S. The highest BCUT2D eigenvalue weighted by molar-refractivity contribution is 7.89. The Morgan fingerprint density at radius 3 is 2.43 bits per heavy atom. The first kappa shape index (κ1) is 15.2. The van der Waals surface area contributed by atoms with Crippen molar-refractivity contribution >= 4 is 26.8 Å². The van der Waals surface area contributed by atoms with Crippen molar-refractivity contribution in [1.29, 1.82) is 0 Å². The van der Waals surface area contributed by atoms with Gasteiger partial charge in [0.1, 0.15) is 5.75 Å². The maximum Gasteiger partial charge on any atom is 0.262 e. The third kappa shape index (κ3) is 2.59. The van der Waals surface area contributed by atoms with Crippen molar-refractivity contribution in [3.8, 4) is 5.75 Å². The molecule has 7 nitrogen and oxygen atoms in total. The Morgan fingerprint density at radius 1 is 1.09 bits per heavy atom. The van der Waals surface area contributed by atoms with Gasteiger partial charge in [0.2, 0.25) is 0 Å². The van der Waals surface area contributed by atoms with Gasteiger partial charge in [0.15, 0.2) is 0 Å². The van der Waals surface area contributed by atoms with Gasteiger partial charge in [0.25, 0.3) is 15.9 Å². The number of hydrogen-bond acceptors (Lipinski definition) is 5. The topological polar surface area (TPSA) is 114 Å². The molecule has 0 bridgehead atoms. The van der Waals surface area contributed by atoms with E-state index < -0.39 is 10.0 Å². The van der Waals surface area contributed by atoms with Crippen LogP contribution in [0, 0.1) is 0 Å². The molecule has 0 unspecified atom stereocenters. The summed E-state index contributed by atoms with van der Waals surface area (Å²) in [5.41, 5.74) is 0.810. The first-order valence-corrected chi connectivity index (χ1v) is 8.08. The zero-order valence-corrected chi connectivity index (χ0v) is 12.6. The molecule has 23 heavy (non-hydrogen) atoms. The van der Waals surface area contributed by atoms with E-state index in [1.54, 1.807) is 10.9 Å². The maximum atomic E-state index is 12.6. The van der Waals surface area contributed by atoms with Crippen LogP contribution in [0.25, 0.3) is 10.9 Å². The highest BCUT2D eigenvalue weighted by atomic mass is 32.2. The number of carbonyl (C=O) groups is 1. The number of aromatic hydroxyl groups is 1. The average molecular weight is 331 g/mol. The molecular weight excluding hydrogens is 318 g/mol. The van der Waals surface area contributed by atoms with Gasteiger partial charge in [0.05, 0.1) is 10.4 Å². The second kappa shape index (κ2) is 5.51. The molecule has 0 saturated carbocycles. The number of rotatable bonds is 3. The molecule has 0 spiro atoms. The van der Waals surface area contributed by atoms with E-state index in [1.807, 2.05) is 0 Å². The number of nitrogens with two attached hydrogens (primary N) is 1. The van der Waals surface area contributed by atoms with Crippen molar-refractivity contribution in [2.45, 2.75) is 4.90 Å². The van der Waals surface area contributed by atoms with Gasteiger partial charge in [-0.3, -0.25) is 15.2 Å². The monoisotopic (exact) mass is 331 g/mol. The number of aromatic nitrogens is 1. The summed E-state index contributed by atoms with van der Waals surface area (Å²) in [6.45, 7) is 0. The summed E-state index contributed by atoms with van der Waals surface area (Å²) in [6.07, 6.45) is 1.50. The van der Waals surface area contributed by atoms with Gasteiger partial charge in [-0.05, 0) is 42.5 Å². The molecule has 0 fully saturated rings. The molecule has 0 saturated heterocycles. The molecule has 0 atom stereocenters. The molecule has 3 aromatic rings. The van der Waals surface area contributed by atoms with Crippen molar-refractivity contribution < 1.29 is 18.3 Å². The molecule has 2 aromatic carbocycles. The number of hydrazine groups is 1. The summed E-state index contributed by atoms with van der Waals surface area (Å²) >= 11 is 0. The Balaban J connectivity index is 2.16. The summed E-state index contributed by atoms with van der Waals surface area (Å²) in [6, 6.07) is 11.9. The zero-order valence-electron chi connectivity index (χ0n) is 11.8. The molecule has 0 aliphatic heterocycles. The SMILES string of the molecule is NNS(=O)(=O)c1cccc2c1ccn2C(=O)c1ccc(O)cc1. The number of carbonyl (C=O) groups excluding carboxylic acids is 1. The van der Waals surface area contributed by atoms with E-state index in [2.05, 4.69) is 0 Å². The van der Waals surface area contributed by atoms with Gasteiger partial charge >= 0.3 is 0 Å². The summed E-state index contributed by atoms with van der Waals surface area (Å²) in [5.74, 6) is 4.78. The first-order valence-electron chi connectivity index (χ1n) is 6.60. The van der Waals surface area contributed by atoms with Crippen LogP contribution in [-0.2, 0) is 10.0 Å². The van der Waals surface area contributed by atoms with E-state index in [9.17, 15) is 18.3 Å². The molecule has 0 aliphatic carbocycles. The van der Waals surface area contributed by atoms with Crippen molar-refractivity contribution in [3.63, 3.8) is 0 Å². The van der Waals surface area contributed by atoms with Crippen molar-refractivity contribution in [1.82, 2.24) is 9.40 Å². The van der Waals surface area contributed by atoms with Crippen LogP contribution in [-0.4, -0.2) is 24.0 Å². The minimum Gasteiger partial charge on any atom is -0.508 e. The van der Waals surface area contributed by atoms with Gasteiger partial charge in [-0.1, -0.05) is 6.07 Å². The minimum atomic E-state index is -3.84. The number of fused-ring (bicyclic) bond motifs is 1. The van der Waals surface area contributed by atoms with Crippen LogP contribution in [0.1, 0.15) is 10.4 Å². The van der Waals surface area contributed by atoms with E-state index in [-0.39, 0.29) is 16.6 Å². The van der Waals surface area contributed by atoms with Crippen molar-refractivity contribution in [2.75, 3.05) is 0 Å². The standard InChI is InChI=1S/C15H13N3O4S/c16-17-23(21,22)14-3-1-2-13-12(14)8-9-18(13)15(20)10-4-6-11(19)7-5-10/h1-9,17,19H,16H2. The largest absolute Gasteiger partial charge is 0.508 e. The molecule has 1 heterocycles. The lowest BCUT2D eigenvalue weighted by molar-refractivity contribution is 0.0965. The Kier molecular flexibility index (Phi) is 3.64. The highest BCUT2D eigenvalue weighted by Gasteiger charge is 2.19. The fourth-order valence-corrected chi connectivity index (χ4v) is 3.20. The molecule has 4 N–H and O–H groups in total. The van der Waals surface area contributed by atoms with Crippen LogP contribution < -0.4 is 10.7 Å². The van der Waals surface area contributed by atoms with Gasteiger partial charge in [-0.15, -0.1) is 0 Å². The molecule has 3 rings (SSSR count). The lowest BCUT2D eigenvalue weighted by Crippen LogP contribution is -2.30. The van der Waals surface area contributed by atoms with Gasteiger partial charge < -0.3 is 5.11 Å². The van der Waals surface area contributed by atoms with Crippen LogP contribution in [0.15, 0.2) is 59.6 Å². The zero-order chi connectivity index (χ0) is 16.6. The van der Waals surface area contributed by atoms with Crippen molar-refractivity contribution in [2.24, 2.45) is 5.84 Å². The second-order valence-electron chi connectivity index (χ2n) is 4.85. The number of hydrogen-bond donors (Lipinski definition) is 3. The lowest BCUT2D eigenvalue weighted by atomic mass is 10.2. The van der Waals surface area contributed by atoms with Crippen LogP contribution in [0.2, 0.25) is 0 Å². The van der Waals surface area contributed by atoms with E-state index in [1.165, 1.54) is 53.2 Å². The van der Waals surface area contributed by atoms with E-state index in [0.717, 1.165) is 0 Å². The molecule has 0 radical (unpaired) electrons. The second-order valence-corrected chi connectivity index (χ2v) is 6.53. The third-order valence-electron chi connectivity index (χ3n) is 3.47. The average Bonchev–Trinajstić information content (AvgIpc) is 2.98. The molecule has 0 amide bonds. The third-order valence-corrected chi connectivity index (χ3v) is 4.72. The molecule has 1 aromatic heterocycles. The Bertz CT molecular complexity index is 991. The molecule has 0 aliphatic rings. The van der Waals surface area contributed by atoms with E-state index in [4.69, 9.17) is 5.84 Å². The van der Waals surface area contributed by atoms with Crippen LogP contribution in [0.5, 0.6) is 5.75 Å². The summed E-state index contributed by atoms with van der Waals surface area (Å²) in [5, 5.41) is 9.68.